The highest BCUT2D eigenvalue weighted by molar-refractivity contribution is 14.0. The van der Waals surface area contributed by atoms with Crippen molar-refractivity contribution in [3.05, 3.63) is 0 Å². The summed E-state index contributed by atoms with van der Waals surface area (Å²) in [7, 11) is 8.16. The summed E-state index contributed by atoms with van der Waals surface area (Å²) < 4.78 is 0. The van der Waals surface area contributed by atoms with Crippen molar-refractivity contribution < 1.29 is 0 Å². The van der Waals surface area contributed by atoms with Gasteiger partial charge in [0.15, 0.2) is 5.96 Å². The number of halogens is 1. The predicted molar refractivity (Wildman–Crippen MR) is 85.4 cm³/mol. The van der Waals surface area contributed by atoms with Crippen LogP contribution in [-0.2, 0) is 0 Å². The largest absolute Gasteiger partial charge is 0.349 e. The molecule has 0 saturated carbocycles. The molecule has 0 bridgehead atoms. The van der Waals surface area contributed by atoms with Gasteiger partial charge in [0, 0.05) is 34.7 Å². The lowest BCUT2D eigenvalue weighted by molar-refractivity contribution is 0.335. The molecule has 5 heteroatoms. The highest BCUT2D eigenvalue weighted by Crippen LogP contribution is 2.07. The molecule has 0 aromatic rings. The summed E-state index contributed by atoms with van der Waals surface area (Å²) in [5.74, 6) is 1.06. The molecule has 0 aromatic heterocycles. The molecule has 1 aliphatic heterocycles. The number of guanidine groups is 1. The maximum absolute atomic E-state index is 4.63. The second-order valence-electron chi connectivity index (χ2n) is 4.87. The first kappa shape index (κ1) is 17.0. The average molecular weight is 354 g/mol. The van der Waals surface area contributed by atoms with E-state index in [-0.39, 0.29) is 24.0 Å². The van der Waals surface area contributed by atoms with E-state index in [1.54, 1.807) is 0 Å². The Morgan fingerprint density at radius 2 is 1.59 bits per heavy atom. The zero-order valence-electron chi connectivity index (χ0n) is 11.6. The maximum Gasteiger partial charge on any atom is 0.195 e. The first-order valence-electron chi connectivity index (χ1n) is 6.22. The standard InChI is InChI=1S/C12H26N4.HI/c1-14(2)12(15(3)4)13-8-7-11-16-9-5-6-10-16;/h5-11H2,1-4H3;1H. The SMILES string of the molecule is CN(C)C(=NCCCN1CCCC1)N(C)C.I. The summed E-state index contributed by atoms with van der Waals surface area (Å²) in [5.41, 5.74) is 0. The Kier molecular flexibility index (Phi) is 8.94. The molecule has 1 fully saturated rings. The lowest BCUT2D eigenvalue weighted by Crippen LogP contribution is -2.35. The number of nitrogens with zero attached hydrogens (tertiary/aromatic N) is 4. The topological polar surface area (TPSA) is 22.1 Å². The zero-order chi connectivity index (χ0) is 12.0. The van der Waals surface area contributed by atoms with E-state index in [2.05, 4.69) is 19.7 Å². The van der Waals surface area contributed by atoms with E-state index in [1.165, 1.54) is 38.9 Å². The summed E-state index contributed by atoms with van der Waals surface area (Å²) in [4.78, 5) is 11.3. The summed E-state index contributed by atoms with van der Waals surface area (Å²) >= 11 is 0. The quantitative estimate of drug-likeness (QED) is 0.331. The third-order valence-corrected chi connectivity index (χ3v) is 2.88. The van der Waals surface area contributed by atoms with Crippen LogP contribution in [-0.4, -0.2) is 75.0 Å². The number of aliphatic imine (C=N–C) groups is 1. The van der Waals surface area contributed by atoms with E-state index in [1.807, 2.05) is 28.2 Å². The second kappa shape index (κ2) is 8.97. The molecule has 17 heavy (non-hydrogen) atoms. The van der Waals surface area contributed by atoms with E-state index in [4.69, 9.17) is 0 Å². The normalized spacial score (nSPS) is 15.3. The second-order valence-corrected chi connectivity index (χ2v) is 4.87. The molecule has 0 atom stereocenters. The van der Waals surface area contributed by atoms with E-state index in [9.17, 15) is 0 Å². The van der Waals surface area contributed by atoms with Crippen LogP contribution in [0.1, 0.15) is 19.3 Å². The Morgan fingerprint density at radius 1 is 1.06 bits per heavy atom. The van der Waals surface area contributed by atoms with Crippen molar-refractivity contribution in [2.45, 2.75) is 19.3 Å². The van der Waals surface area contributed by atoms with Crippen molar-refractivity contribution in [3.63, 3.8) is 0 Å². The summed E-state index contributed by atoms with van der Waals surface area (Å²) in [6.45, 7) is 4.72. The van der Waals surface area contributed by atoms with E-state index >= 15 is 0 Å². The van der Waals surface area contributed by atoms with Crippen LogP contribution in [0.2, 0.25) is 0 Å². The fourth-order valence-corrected chi connectivity index (χ4v) is 2.16. The van der Waals surface area contributed by atoms with Crippen LogP contribution >= 0.6 is 24.0 Å². The highest BCUT2D eigenvalue weighted by atomic mass is 127. The van der Waals surface area contributed by atoms with Gasteiger partial charge in [0.2, 0.25) is 0 Å². The van der Waals surface area contributed by atoms with Crippen LogP contribution < -0.4 is 0 Å². The molecule has 0 amide bonds. The number of hydrogen-bond acceptors (Lipinski definition) is 2. The van der Waals surface area contributed by atoms with Crippen LogP contribution in [0.3, 0.4) is 0 Å². The van der Waals surface area contributed by atoms with Crippen LogP contribution in [0.5, 0.6) is 0 Å². The first-order valence-corrected chi connectivity index (χ1v) is 6.22. The van der Waals surface area contributed by atoms with Gasteiger partial charge >= 0.3 is 0 Å². The molecule has 0 unspecified atom stereocenters. The van der Waals surface area contributed by atoms with Crippen LogP contribution in [0.15, 0.2) is 4.99 Å². The predicted octanol–water partition coefficient (Wildman–Crippen LogP) is 1.57. The van der Waals surface area contributed by atoms with Gasteiger partial charge in [-0.2, -0.15) is 0 Å². The fourth-order valence-electron chi connectivity index (χ4n) is 2.16. The minimum atomic E-state index is 0. The Hall–Kier alpha value is -0.0400. The van der Waals surface area contributed by atoms with Crippen molar-refractivity contribution in [1.82, 2.24) is 14.7 Å². The van der Waals surface area contributed by atoms with Crippen LogP contribution in [0.25, 0.3) is 0 Å². The minimum Gasteiger partial charge on any atom is -0.349 e. The van der Waals surface area contributed by atoms with Crippen LogP contribution in [0.4, 0.5) is 0 Å². The summed E-state index contributed by atoms with van der Waals surface area (Å²) in [6.07, 6.45) is 3.93. The fraction of sp³-hybridized carbons (Fsp3) is 0.917. The summed E-state index contributed by atoms with van der Waals surface area (Å²) in [5, 5.41) is 0. The number of likely N-dealkylation sites (tertiary alicyclic amines) is 1. The molecular weight excluding hydrogens is 327 g/mol. The molecule has 4 nitrogen and oxygen atoms in total. The average Bonchev–Trinajstić information content (AvgIpc) is 2.68. The van der Waals surface area contributed by atoms with Gasteiger partial charge in [0.25, 0.3) is 0 Å². The number of rotatable bonds is 4. The monoisotopic (exact) mass is 354 g/mol. The van der Waals surface area contributed by atoms with Crippen molar-refractivity contribution in [3.8, 4) is 0 Å². The molecule has 1 aliphatic rings. The van der Waals surface area contributed by atoms with Crippen molar-refractivity contribution in [1.29, 1.82) is 0 Å². The van der Waals surface area contributed by atoms with E-state index < -0.39 is 0 Å². The summed E-state index contributed by atoms with van der Waals surface area (Å²) in [6, 6.07) is 0. The molecule has 0 spiro atoms. The lowest BCUT2D eigenvalue weighted by atomic mass is 10.4. The van der Waals surface area contributed by atoms with Gasteiger partial charge in [-0.1, -0.05) is 0 Å². The number of hydrogen-bond donors (Lipinski definition) is 0. The molecule has 1 saturated heterocycles. The lowest BCUT2D eigenvalue weighted by Gasteiger charge is -2.22. The molecule has 1 rings (SSSR count). The van der Waals surface area contributed by atoms with Gasteiger partial charge in [-0.25, -0.2) is 0 Å². The molecule has 0 N–H and O–H groups in total. The van der Waals surface area contributed by atoms with Gasteiger partial charge in [-0.3, -0.25) is 4.99 Å². The van der Waals surface area contributed by atoms with E-state index in [0.29, 0.717) is 0 Å². The van der Waals surface area contributed by atoms with Crippen molar-refractivity contribution in [2.75, 3.05) is 54.4 Å². The molecule has 0 aromatic carbocycles. The van der Waals surface area contributed by atoms with E-state index in [0.717, 1.165) is 12.5 Å². The van der Waals surface area contributed by atoms with Gasteiger partial charge in [0.1, 0.15) is 0 Å². The van der Waals surface area contributed by atoms with Crippen molar-refractivity contribution >= 4 is 29.9 Å². The molecule has 0 aliphatic carbocycles. The third-order valence-electron chi connectivity index (χ3n) is 2.88. The Morgan fingerprint density at radius 3 is 2.06 bits per heavy atom. The third kappa shape index (κ3) is 6.45. The minimum absolute atomic E-state index is 0. The molecule has 102 valence electrons. The van der Waals surface area contributed by atoms with Crippen molar-refractivity contribution in [2.24, 2.45) is 4.99 Å². The maximum atomic E-state index is 4.63. The highest BCUT2D eigenvalue weighted by Gasteiger charge is 2.10. The molecule has 0 radical (unpaired) electrons. The first-order chi connectivity index (χ1) is 7.61. The molecular formula is C12H27IN4. The zero-order valence-corrected chi connectivity index (χ0v) is 14.0. The smallest absolute Gasteiger partial charge is 0.195 e. The van der Waals surface area contributed by atoms with Gasteiger partial charge in [0.05, 0.1) is 0 Å². The van der Waals surface area contributed by atoms with Gasteiger partial charge < -0.3 is 14.7 Å². The Bertz CT molecular complexity index is 213. The molecule has 1 heterocycles. The Balaban J connectivity index is 0.00000256. The Labute approximate surface area is 123 Å². The van der Waals surface area contributed by atoms with Crippen LogP contribution in [0, 0.1) is 0 Å². The van der Waals surface area contributed by atoms with Gasteiger partial charge in [-0.05, 0) is 38.9 Å². The van der Waals surface area contributed by atoms with Gasteiger partial charge in [-0.15, -0.1) is 24.0 Å².